The van der Waals surface area contributed by atoms with Gasteiger partial charge in [0.1, 0.15) is 11.4 Å². The molecule has 3 rings (SSSR count). The van der Waals surface area contributed by atoms with Crippen LogP contribution in [0.2, 0.25) is 0 Å². The van der Waals surface area contributed by atoms with Crippen molar-refractivity contribution in [3.63, 3.8) is 0 Å². The number of ether oxygens (including phenoxy) is 2. The van der Waals surface area contributed by atoms with Gasteiger partial charge in [0.2, 0.25) is 0 Å². The molecule has 0 N–H and O–H groups in total. The zero-order chi connectivity index (χ0) is 11.9. The standard InChI is InChI=1S/C14H19NO2/c1-14(2)13(15-7-9-16-10-8-15)11-5-3-4-6-12(11)17-14/h3-6,13H,7-10H2,1-2H3. The topological polar surface area (TPSA) is 21.7 Å². The molecule has 3 nitrogen and oxygen atoms in total. The molecule has 17 heavy (non-hydrogen) atoms. The van der Waals surface area contributed by atoms with Crippen molar-refractivity contribution < 1.29 is 9.47 Å². The first-order valence-corrected chi connectivity index (χ1v) is 6.28. The number of hydrogen-bond donors (Lipinski definition) is 0. The molecule has 1 saturated heterocycles. The monoisotopic (exact) mass is 233 g/mol. The Morgan fingerprint density at radius 1 is 1.18 bits per heavy atom. The van der Waals surface area contributed by atoms with E-state index in [4.69, 9.17) is 9.47 Å². The van der Waals surface area contributed by atoms with Gasteiger partial charge in [0.25, 0.3) is 0 Å². The van der Waals surface area contributed by atoms with Crippen LogP contribution in [0.15, 0.2) is 24.3 Å². The smallest absolute Gasteiger partial charge is 0.125 e. The van der Waals surface area contributed by atoms with Gasteiger partial charge in [-0.1, -0.05) is 18.2 Å². The van der Waals surface area contributed by atoms with Gasteiger partial charge in [0.15, 0.2) is 0 Å². The van der Waals surface area contributed by atoms with Crippen molar-refractivity contribution in [3.05, 3.63) is 29.8 Å². The van der Waals surface area contributed by atoms with Crippen LogP contribution in [0.4, 0.5) is 0 Å². The highest BCUT2D eigenvalue weighted by molar-refractivity contribution is 5.42. The molecule has 1 aromatic rings. The lowest BCUT2D eigenvalue weighted by molar-refractivity contribution is -0.0308. The average molecular weight is 233 g/mol. The molecule has 0 aromatic heterocycles. The van der Waals surface area contributed by atoms with Crippen LogP contribution in [0.1, 0.15) is 25.5 Å². The molecular formula is C14H19NO2. The minimum Gasteiger partial charge on any atom is -0.486 e. The third kappa shape index (κ3) is 1.83. The Kier molecular flexibility index (Phi) is 2.60. The Labute approximate surface area is 102 Å². The summed E-state index contributed by atoms with van der Waals surface area (Å²) < 4.78 is 11.5. The maximum atomic E-state index is 6.08. The molecule has 1 unspecified atom stereocenters. The van der Waals surface area contributed by atoms with E-state index in [1.807, 2.05) is 6.07 Å². The van der Waals surface area contributed by atoms with Crippen molar-refractivity contribution in [2.75, 3.05) is 26.3 Å². The number of para-hydroxylation sites is 1. The molecule has 1 aromatic carbocycles. The molecule has 2 aliphatic heterocycles. The van der Waals surface area contributed by atoms with E-state index in [1.54, 1.807) is 0 Å². The van der Waals surface area contributed by atoms with Crippen LogP contribution in [0.5, 0.6) is 5.75 Å². The first-order chi connectivity index (χ1) is 8.18. The number of fused-ring (bicyclic) bond motifs is 1. The van der Waals surface area contributed by atoms with Crippen molar-refractivity contribution in [2.24, 2.45) is 0 Å². The highest BCUT2D eigenvalue weighted by Gasteiger charge is 2.44. The third-order valence-electron chi connectivity index (χ3n) is 3.66. The van der Waals surface area contributed by atoms with E-state index in [2.05, 4.69) is 36.9 Å². The Morgan fingerprint density at radius 3 is 2.65 bits per heavy atom. The van der Waals surface area contributed by atoms with E-state index < -0.39 is 0 Å². The van der Waals surface area contributed by atoms with Gasteiger partial charge in [0.05, 0.1) is 19.3 Å². The number of hydrogen-bond acceptors (Lipinski definition) is 3. The summed E-state index contributed by atoms with van der Waals surface area (Å²) in [5.41, 5.74) is 1.17. The van der Waals surface area contributed by atoms with Crippen LogP contribution in [0.3, 0.4) is 0 Å². The summed E-state index contributed by atoms with van der Waals surface area (Å²) in [6, 6.07) is 8.73. The lowest BCUT2D eigenvalue weighted by atomic mass is 9.92. The van der Waals surface area contributed by atoms with E-state index in [-0.39, 0.29) is 5.60 Å². The van der Waals surface area contributed by atoms with Gasteiger partial charge in [-0.25, -0.2) is 0 Å². The van der Waals surface area contributed by atoms with Crippen LogP contribution in [0.25, 0.3) is 0 Å². The van der Waals surface area contributed by atoms with Crippen molar-refractivity contribution in [2.45, 2.75) is 25.5 Å². The molecule has 0 radical (unpaired) electrons. The molecule has 0 aliphatic carbocycles. The number of morpholine rings is 1. The summed E-state index contributed by atoms with van der Waals surface area (Å²) in [7, 11) is 0. The van der Waals surface area contributed by atoms with Crippen molar-refractivity contribution >= 4 is 0 Å². The maximum Gasteiger partial charge on any atom is 0.125 e. The lowest BCUT2D eigenvalue weighted by Crippen LogP contribution is -2.47. The Balaban J connectivity index is 1.95. The molecule has 2 heterocycles. The molecule has 92 valence electrons. The van der Waals surface area contributed by atoms with E-state index >= 15 is 0 Å². The quantitative estimate of drug-likeness (QED) is 0.742. The predicted octanol–water partition coefficient (Wildman–Crippen LogP) is 2.23. The zero-order valence-electron chi connectivity index (χ0n) is 10.5. The molecule has 2 aliphatic rings. The fraction of sp³-hybridized carbons (Fsp3) is 0.571. The molecule has 0 saturated carbocycles. The van der Waals surface area contributed by atoms with E-state index in [0.29, 0.717) is 6.04 Å². The van der Waals surface area contributed by atoms with Crippen molar-refractivity contribution in [3.8, 4) is 5.75 Å². The summed E-state index contributed by atoms with van der Waals surface area (Å²) >= 11 is 0. The van der Waals surface area contributed by atoms with Gasteiger partial charge in [-0.2, -0.15) is 0 Å². The second-order valence-corrected chi connectivity index (χ2v) is 5.29. The Hall–Kier alpha value is -1.06. The van der Waals surface area contributed by atoms with Crippen molar-refractivity contribution in [1.82, 2.24) is 4.90 Å². The molecule has 0 spiro atoms. The minimum absolute atomic E-state index is 0.152. The van der Waals surface area contributed by atoms with Crippen LogP contribution >= 0.6 is 0 Å². The minimum atomic E-state index is -0.152. The molecule has 0 amide bonds. The second kappa shape index (κ2) is 4.00. The summed E-state index contributed by atoms with van der Waals surface area (Å²) in [6.45, 7) is 7.99. The van der Waals surface area contributed by atoms with Gasteiger partial charge in [-0.05, 0) is 19.9 Å². The first kappa shape index (κ1) is 11.1. The van der Waals surface area contributed by atoms with E-state index in [9.17, 15) is 0 Å². The van der Waals surface area contributed by atoms with Crippen LogP contribution in [-0.4, -0.2) is 36.8 Å². The largest absolute Gasteiger partial charge is 0.486 e. The predicted molar refractivity (Wildman–Crippen MR) is 66.3 cm³/mol. The van der Waals surface area contributed by atoms with Crippen LogP contribution < -0.4 is 4.74 Å². The fourth-order valence-corrected chi connectivity index (χ4v) is 2.99. The summed E-state index contributed by atoms with van der Waals surface area (Å²) in [5.74, 6) is 1.04. The normalized spacial score (nSPS) is 27.5. The SMILES string of the molecule is CC1(C)Oc2ccccc2C1N1CCOCC1. The number of nitrogens with zero attached hydrogens (tertiary/aromatic N) is 1. The Morgan fingerprint density at radius 2 is 1.88 bits per heavy atom. The molecular weight excluding hydrogens is 214 g/mol. The first-order valence-electron chi connectivity index (χ1n) is 6.28. The van der Waals surface area contributed by atoms with Gasteiger partial charge in [-0.15, -0.1) is 0 Å². The summed E-state index contributed by atoms with van der Waals surface area (Å²) in [5, 5.41) is 0. The fourth-order valence-electron chi connectivity index (χ4n) is 2.99. The third-order valence-corrected chi connectivity index (χ3v) is 3.66. The highest BCUT2D eigenvalue weighted by Crippen LogP contribution is 2.46. The van der Waals surface area contributed by atoms with E-state index in [0.717, 1.165) is 32.1 Å². The number of rotatable bonds is 1. The van der Waals surface area contributed by atoms with Gasteiger partial charge in [-0.3, -0.25) is 4.90 Å². The van der Waals surface area contributed by atoms with Crippen LogP contribution in [-0.2, 0) is 4.74 Å². The molecule has 0 bridgehead atoms. The molecule has 1 fully saturated rings. The van der Waals surface area contributed by atoms with E-state index in [1.165, 1.54) is 5.56 Å². The molecule has 3 heteroatoms. The highest BCUT2D eigenvalue weighted by atomic mass is 16.5. The maximum absolute atomic E-state index is 6.08. The van der Waals surface area contributed by atoms with Gasteiger partial charge < -0.3 is 9.47 Å². The second-order valence-electron chi connectivity index (χ2n) is 5.29. The van der Waals surface area contributed by atoms with Crippen LogP contribution in [0, 0.1) is 0 Å². The van der Waals surface area contributed by atoms with Gasteiger partial charge in [0, 0.05) is 18.7 Å². The van der Waals surface area contributed by atoms with Gasteiger partial charge >= 0.3 is 0 Å². The lowest BCUT2D eigenvalue weighted by Gasteiger charge is -2.38. The molecule has 1 atom stereocenters. The summed E-state index contributed by atoms with van der Waals surface area (Å²) in [6.07, 6.45) is 0. The zero-order valence-corrected chi connectivity index (χ0v) is 10.5. The summed E-state index contributed by atoms with van der Waals surface area (Å²) in [4.78, 5) is 2.48. The number of benzene rings is 1. The average Bonchev–Trinajstić information content (AvgIpc) is 2.60. The Bertz CT molecular complexity index is 410. The van der Waals surface area contributed by atoms with Crippen molar-refractivity contribution in [1.29, 1.82) is 0 Å².